The smallest absolute Gasteiger partial charge is 0.126 e. The van der Waals surface area contributed by atoms with E-state index in [0.717, 1.165) is 61.2 Å². The predicted molar refractivity (Wildman–Crippen MR) is 122 cm³/mol. The number of aromatic nitrogens is 1. The third-order valence-corrected chi connectivity index (χ3v) is 5.83. The number of halogens is 2. The normalized spacial score (nSPS) is 15.5. The van der Waals surface area contributed by atoms with E-state index < -0.39 is 0 Å². The topological polar surface area (TPSA) is 37.5 Å². The van der Waals surface area contributed by atoms with Gasteiger partial charge < -0.3 is 14.5 Å². The highest BCUT2D eigenvalue weighted by Gasteiger charge is 2.27. The van der Waals surface area contributed by atoms with Gasteiger partial charge in [-0.2, -0.15) is 0 Å². The Morgan fingerprint density at radius 3 is 2.90 bits per heavy atom. The third-order valence-electron chi connectivity index (χ3n) is 5.83. The van der Waals surface area contributed by atoms with Crippen molar-refractivity contribution in [1.29, 1.82) is 0 Å². The highest BCUT2D eigenvalue weighted by atomic mass is 35.5. The summed E-state index contributed by atoms with van der Waals surface area (Å²) in [7, 11) is 1.72. The van der Waals surface area contributed by atoms with Crippen LogP contribution in [0.4, 0.5) is 4.39 Å². The summed E-state index contributed by atoms with van der Waals surface area (Å²) in [4.78, 5) is 5.78. The number of hydrogen-bond donors (Lipinski definition) is 1. The summed E-state index contributed by atoms with van der Waals surface area (Å²) in [5.41, 5.74) is 3.35. The molecule has 3 aromatic rings. The number of fused-ring (bicyclic) bond motifs is 2. The van der Waals surface area contributed by atoms with Crippen molar-refractivity contribution in [3.63, 3.8) is 0 Å². The van der Waals surface area contributed by atoms with E-state index in [2.05, 4.69) is 16.8 Å². The van der Waals surface area contributed by atoms with Crippen LogP contribution in [0.2, 0.25) is 0 Å². The first-order valence-corrected chi connectivity index (χ1v) is 10.5. The van der Waals surface area contributed by atoms with Crippen LogP contribution in [-0.4, -0.2) is 42.7 Å². The van der Waals surface area contributed by atoms with E-state index in [1.54, 1.807) is 13.2 Å². The number of benzene rings is 2. The molecule has 4 rings (SSSR count). The van der Waals surface area contributed by atoms with Gasteiger partial charge in [0.1, 0.15) is 23.9 Å². The van der Waals surface area contributed by atoms with Gasteiger partial charge in [0.05, 0.1) is 7.11 Å². The standard InChI is InChI=1S/C24H29FN2O2.ClH/c1-3-11-27(19-14-21-23(28-2)7-4-8-24(21)29-16-19)12-5-6-17-15-26-22-10-9-18(25)13-20(17)22;/h4,7-10,13,15,19,26H,3,5-6,11-12,14,16H2,1-2H3;1H. The van der Waals surface area contributed by atoms with Gasteiger partial charge in [0.25, 0.3) is 0 Å². The van der Waals surface area contributed by atoms with Gasteiger partial charge in [0, 0.05) is 28.7 Å². The highest BCUT2D eigenvalue weighted by Crippen LogP contribution is 2.34. The van der Waals surface area contributed by atoms with Gasteiger partial charge in [0.2, 0.25) is 0 Å². The van der Waals surface area contributed by atoms with Crippen LogP contribution in [0, 0.1) is 5.82 Å². The van der Waals surface area contributed by atoms with Crippen LogP contribution in [0.5, 0.6) is 11.5 Å². The molecular weight excluding hydrogens is 403 g/mol. The Bertz CT molecular complexity index is 961. The van der Waals surface area contributed by atoms with Crippen molar-refractivity contribution in [1.82, 2.24) is 9.88 Å². The Kier molecular flexibility index (Phi) is 7.62. The molecule has 1 aromatic heterocycles. The van der Waals surface area contributed by atoms with Crippen molar-refractivity contribution >= 4 is 23.3 Å². The minimum Gasteiger partial charge on any atom is -0.496 e. The molecule has 0 amide bonds. The molecule has 162 valence electrons. The van der Waals surface area contributed by atoms with Gasteiger partial charge in [-0.3, -0.25) is 4.90 Å². The Balaban J connectivity index is 0.00000256. The SMILES string of the molecule is CCCN(CCCc1c[nH]c2ccc(F)cc12)C1COc2cccc(OC)c2C1.Cl. The number of ether oxygens (including phenoxy) is 2. The molecule has 0 fully saturated rings. The summed E-state index contributed by atoms with van der Waals surface area (Å²) in [6, 6.07) is 11.3. The maximum Gasteiger partial charge on any atom is 0.126 e. The zero-order chi connectivity index (χ0) is 20.2. The Morgan fingerprint density at radius 1 is 1.23 bits per heavy atom. The fourth-order valence-electron chi connectivity index (χ4n) is 4.38. The first-order chi connectivity index (χ1) is 14.2. The summed E-state index contributed by atoms with van der Waals surface area (Å²) < 4.78 is 25.2. The van der Waals surface area contributed by atoms with Gasteiger partial charge in [-0.1, -0.05) is 13.0 Å². The minimum absolute atomic E-state index is 0. The highest BCUT2D eigenvalue weighted by molar-refractivity contribution is 5.85. The maximum atomic E-state index is 13.6. The number of aryl methyl sites for hydroxylation is 1. The second kappa shape index (κ2) is 10.2. The Morgan fingerprint density at radius 2 is 2.10 bits per heavy atom. The monoisotopic (exact) mass is 432 g/mol. The van der Waals surface area contributed by atoms with Gasteiger partial charge >= 0.3 is 0 Å². The van der Waals surface area contributed by atoms with E-state index in [9.17, 15) is 4.39 Å². The lowest BCUT2D eigenvalue weighted by Gasteiger charge is -2.35. The summed E-state index contributed by atoms with van der Waals surface area (Å²) in [5.74, 6) is 1.67. The minimum atomic E-state index is -0.182. The van der Waals surface area contributed by atoms with Crippen molar-refractivity contribution in [2.45, 2.75) is 38.6 Å². The molecule has 2 aromatic carbocycles. The van der Waals surface area contributed by atoms with Gasteiger partial charge in [-0.25, -0.2) is 4.39 Å². The largest absolute Gasteiger partial charge is 0.496 e. The molecule has 0 saturated heterocycles. The first kappa shape index (κ1) is 22.4. The van der Waals surface area contributed by atoms with Crippen LogP contribution in [0.1, 0.15) is 30.9 Å². The third kappa shape index (κ3) is 4.73. The van der Waals surface area contributed by atoms with Crippen molar-refractivity contribution < 1.29 is 13.9 Å². The van der Waals surface area contributed by atoms with Crippen LogP contribution in [0.25, 0.3) is 10.9 Å². The second-order valence-electron chi connectivity index (χ2n) is 7.75. The first-order valence-electron chi connectivity index (χ1n) is 10.5. The fourth-order valence-corrected chi connectivity index (χ4v) is 4.38. The van der Waals surface area contributed by atoms with Crippen LogP contribution in [-0.2, 0) is 12.8 Å². The van der Waals surface area contributed by atoms with Gasteiger partial charge in [0.15, 0.2) is 0 Å². The van der Waals surface area contributed by atoms with E-state index in [0.29, 0.717) is 12.6 Å². The van der Waals surface area contributed by atoms with Crippen molar-refractivity contribution in [2.24, 2.45) is 0 Å². The second-order valence-corrected chi connectivity index (χ2v) is 7.75. The van der Waals surface area contributed by atoms with Crippen LogP contribution in [0.15, 0.2) is 42.6 Å². The van der Waals surface area contributed by atoms with Crippen molar-refractivity contribution in [3.05, 3.63) is 59.5 Å². The zero-order valence-electron chi connectivity index (χ0n) is 17.6. The molecule has 0 radical (unpaired) electrons. The van der Waals surface area contributed by atoms with Gasteiger partial charge in [-0.05, 0) is 74.7 Å². The Hall–Kier alpha value is -2.24. The zero-order valence-corrected chi connectivity index (χ0v) is 18.4. The molecule has 1 aliphatic rings. The molecule has 6 heteroatoms. The average molecular weight is 433 g/mol. The molecule has 1 aliphatic heterocycles. The van der Waals surface area contributed by atoms with Crippen LogP contribution < -0.4 is 9.47 Å². The molecule has 1 atom stereocenters. The van der Waals surface area contributed by atoms with Crippen LogP contribution in [0.3, 0.4) is 0 Å². The summed E-state index contributed by atoms with van der Waals surface area (Å²) in [5, 5.41) is 0.992. The molecule has 0 spiro atoms. The molecule has 30 heavy (non-hydrogen) atoms. The molecule has 0 aliphatic carbocycles. The molecular formula is C24H30ClFN2O2. The fraction of sp³-hybridized carbons (Fsp3) is 0.417. The lowest BCUT2D eigenvalue weighted by atomic mass is 9.99. The number of H-pyrrole nitrogens is 1. The van der Waals surface area contributed by atoms with Crippen molar-refractivity contribution in [3.8, 4) is 11.5 Å². The molecule has 4 nitrogen and oxygen atoms in total. The van der Waals surface area contributed by atoms with E-state index in [1.807, 2.05) is 30.5 Å². The lowest BCUT2D eigenvalue weighted by molar-refractivity contribution is 0.116. The lowest BCUT2D eigenvalue weighted by Crippen LogP contribution is -2.44. The molecule has 2 heterocycles. The number of nitrogens with zero attached hydrogens (tertiary/aromatic N) is 1. The van der Waals surface area contributed by atoms with Crippen molar-refractivity contribution in [2.75, 3.05) is 26.8 Å². The molecule has 0 bridgehead atoms. The quantitative estimate of drug-likeness (QED) is 0.518. The number of nitrogens with one attached hydrogen (secondary N) is 1. The average Bonchev–Trinajstić information content (AvgIpc) is 3.14. The molecule has 0 saturated carbocycles. The Labute approximate surface area is 183 Å². The van der Waals surface area contributed by atoms with E-state index in [1.165, 1.54) is 17.2 Å². The van der Waals surface area contributed by atoms with Gasteiger partial charge in [-0.15, -0.1) is 12.4 Å². The van der Waals surface area contributed by atoms with E-state index in [-0.39, 0.29) is 18.2 Å². The molecule has 1 unspecified atom stereocenters. The summed E-state index contributed by atoms with van der Waals surface area (Å²) >= 11 is 0. The summed E-state index contributed by atoms with van der Waals surface area (Å²) in [6.07, 6.45) is 6.01. The number of methoxy groups -OCH3 is 1. The summed E-state index contributed by atoms with van der Waals surface area (Å²) in [6.45, 7) is 4.96. The van der Waals surface area contributed by atoms with Crippen LogP contribution >= 0.6 is 12.4 Å². The van der Waals surface area contributed by atoms with E-state index in [4.69, 9.17) is 9.47 Å². The number of rotatable bonds is 8. The number of aromatic amines is 1. The predicted octanol–water partition coefficient (Wildman–Crippen LogP) is 5.39. The van der Waals surface area contributed by atoms with E-state index >= 15 is 0 Å². The maximum absolute atomic E-state index is 13.6. The number of hydrogen-bond acceptors (Lipinski definition) is 3. The molecule has 1 N–H and O–H groups in total.